The quantitative estimate of drug-likeness (QED) is 0.159. The SMILES string of the molecule is O=P1(c2ccccc2)c2ccccc2-c2cc3c(cc21)c1ccccc1n3-c1ccc(-c2nc(-c3ccccc3)cc(-c3ccc(-c4ccccc4)cc3)n2)cc1. The van der Waals surface area contributed by atoms with Crippen molar-refractivity contribution in [1.29, 1.82) is 0 Å². The van der Waals surface area contributed by atoms with Gasteiger partial charge in [-0.25, -0.2) is 9.97 Å². The maximum atomic E-state index is 15.4. The van der Waals surface area contributed by atoms with Gasteiger partial charge in [0.1, 0.15) is 0 Å². The van der Waals surface area contributed by atoms with Crippen molar-refractivity contribution in [1.82, 2.24) is 14.5 Å². The fourth-order valence-corrected chi connectivity index (χ4v) is 11.6. The summed E-state index contributed by atoms with van der Waals surface area (Å²) in [7, 11) is -3.08. The van der Waals surface area contributed by atoms with Crippen LogP contribution in [-0.4, -0.2) is 14.5 Å². The van der Waals surface area contributed by atoms with Gasteiger partial charge < -0.3 is 9.13 Å². The number of para-hydroxylation sites is 1. The highest BCUT2D eigenvalue weighted by atomic mass is 31.2. The van der Waals surface area contributed by atoms with Gasteiger partial charge in [-0.15, -0.1) is 0 Å². The van der Waals surface area contributed by atoms with Crippen molar-refractivity contribution in [2.45, 2.75) is 0 Å². The molecule has 1 unspecified atom stereocenters. The van der Waals surface area contributed by atoms with Gasteiger partial charge in [0.25, 0.3) is 0 Å². The summed E-state index contributed by atoms with van der Waals surface area (Å²) in [5, 5.41) is 4.88. The van der Waals surface area contributed by atoms with Crippen LogP contribution in [0.1, 0.15) is 0 Å². The number of hydrogen-bond acceptors (Lipinski definition) is 3. The number of rotatable bonds is 6. The predicted molar refractivity (Wildman–Crippen MR) is 237 cm³/mol. The molecule has 0 saturated heterocycles. The number of aromatic nitrogens is 3. The predicted octanol–water partition coefficient (Wildman–Crippen LogP) is 11.9. The Morgan fingerprint density at radius 2 is 0.930 bits per heavy atom. The van der Waals surface area contributed by atoms with Gasteiger partial charge in [0, 0.05) is 49.1 Å². The molecule has 4 nitrogen and oxygen atoms in total. The van der Waals surface area contributed by atoms with Crippen LogP contribution in [0, 0.1) is 0 Å². The molecule has 2 aromatic heterocycles. The molecule has 0 fully saturated rings. The Labute approximate surface area is 330 Å². The molecule has 3 heterocycles. The highest BCUT2D eigenvalue weighted by Gasteiger charge is 2.40. The van der Waals surface area contributed by atoms with E-state index in [1.807, 2.05) is 72.8 Å². The topological polar surface area (TPSA) is 47.8 Å². The second kappa shape index (κ2) is 13.3. The Morgan fingerprint density at radius 1 is 0.386 bits per heavy atom. The molecule has 10 aromatic rings. The van der Waals surface area contributed by atoms with E-state index in [0.29, 0.717) is 5.82 Å². The minimum Gasteiger partial charge on any atom is -0.309 e. The Balaban J connectivity index is 1.04. The number of benzene rings is 8. The first kappa shape index (κ1) is 33.2. The van der Waals surface area contributed by atoms with E-state index in [1.165, 1.54) is 5.56 Å². The van der Waals surface area contributed by atoms with Crippen LogP contribution in [0.25, 0.3) is 83.6 Å². The number of fused-ring (bicyclic) bond motifs is 6. The first-order valence-electron chi connectivity index (χ1n) is 19.2. The summed E-state index contributed by atoms with van der Waals surface area (Å²) in [6.45, 7) is 0. The van der Waals surface area contributed by atoms with E-state index in [-0.39, 0.29) is 0 Å². The summed E-state index contributed by atoms with van der Waals surface area (Å²) in [6, 6.07) is 71.0. The van der Waals surface area contributed by atoms with E-state index in [2.05, 4.69) is 138 Å². The largest absolute Gasteiger partial charge is 0.309 e. The molecule has 268 valence electrons. The van der Waals surface area contributed by atoms with Gasteiger partial charge in [0.2, 0.25) is 0 Å². The molecule has 1 aliphatic heterocycles. The zero-order chi connectivity index (χ0) is 37.9. The molecule has 5 heteroatoms. The average molecular weight is 748 g/mol. The summed E-state index contributed by atoms with van der Waals surface area (Å²) in [4.78, 5) is 10.3. The molecule has 0 aliphatic carbocycles. The van der Waals surface area contributed by atoms with Crippen LogP contribution in [0.5, 0.6) is 0 Å². The van der Waals surface area contributed by atoms with Gasteiger partial charge >= 0.3 is 0 Å². The summed E-state index contributed by atoms with van der Waals surface area (Å²) in [6.07, 6.45) is 0. The maximum absolute atomic E-state index is 15.4. The maximum Gasteiger partial charge on any atom is 0.172 e. The zero-order valence-electron chi connectivity index (χ0n) is 30.8. The van der Waals surface area contributed by atoms with E-state index >= 15 is 4.57 Å². The van der Waals surface area contributed by atoms with Crippen molar-refractivity contribution < 1.29 is 4.57 Å². The van der Waals surface area contributed by atoms with Crippen molar-refractivity contribution in [3.05, 3.63) is 206 Å². The van der Waals surface area contributed by atoms with Crippen LogP contribution in [0.2, 0.25) is 0 Å². The minimum absolute atomic E-state index is 0.665. The molecule has 0 N–H and O–H groups in total. The molecule has 1 aliphatic rings. The van der Waals surface area contributed by atoms with Crippen molar-refractivity contribution in [2.24, 2.45) is 0 Å². The summed E-state index contributed by atoms with van der Waals surface area (Å²) >= 11 is 0. The summed E-state index contributed by atoms with van der Waals surface area (Å²) in [5.74, 6) is 0.665. The molecule has 57 heavy (non-hydrogen) atoms. The monoisotopic (exact) mass is 747 g/mol. The molecule has 0 spiro atoms. The number of nitrogens with zero attached hydrogens (tertiary/aromatic N) is 3. The second-order valence-corrected chi connectivity index (χ2v) is 17.2. The smallest absolute Gasteiger partial charge is 0.172 e. The molecule has 0 amide bonds. The fourth-order valence-electron chi connectivity index (χ4n) is 8.48. The van der Waals surface area contributed by atoms with Crippen LogP contribution in [0.15, 0.2) is 206 Å². The van der Waals surface area contributed by atoms with E-state index in [1.54, 1.807) is 0 Å². The van der Waals surface area contributed by atoms with Crippen LogP contribution < -0.4 is 15.9 Å². The van der Waals surface area contributed by atoms with Crippen molar-refractivity contribution in [2.75, 3.05) is 0 Å². The molecular formula is C52H34N3OP. The van der Waals surface area contributed by atoms with E-state index in [9.17, 15) is 0 Å². The fraction of sp³-hybridized carbons (Fsp3) is 0. The Kier molecular flexibility index (Phi) is 7.73. The van der Waals surface area contributed by atoms with Gasteiger partial charge in [-0.3, -0.25) is 0 Å². The Morgan fingerprint density at radius 3 is 1.65 bits per heavy atom. The molecule has 0 bridgehead atoms. The normalized spacial score (nSPS) is 14.5. The van der Waals surface area contributed by atoms with Crippen LogP contribution in [0.3, 0.4) is 0 Å². The van der Waals surface area contributed by atoms with Gasteiger partial charge in [-0.2, -0.15) is 0 Å². The van der Waals surface area contributed by atoms with Crippen LogP contribution >= 0.6 is 7.14 Å². The van der Waals surface area contributed by atoms with Gasteiger partial charge in [0.15, 0.2) is 13.0 Å². The third-order valence-electron chi connectivity index (χ3n) is 11.2. The highest BCUT2D eigenvalue weighted by Crippen LogP contribution is 2.53. The van der Waals surface area contributed by atoms with E-state index in [0.717, 1.165) is 88.2 Å². The van der Waals surface area contributed by atoms with E-state index < -0.39 is 7.14 Å². The highest BCUT2D eigenvalue weighted by molar-refractivity contribution is 7.86. The standard InChI is InChI=1S/C52H34N3OP/c56-57(41-18-8-3-9-19-41)50-23-13-11-21-43(50)45-32-49-44(33-51(45)57)42-20-10-12-22-48(42)55(49)40-30-28-39(29-31-40)52-53-46(37-16-6-2-7-17-37)34-47(54-52)38-26-24-36(25-27-38)35-14-4-1-5-15-35/h1-34H. The van der Waals surface area contributed by atoms with Gasteiger partial charge in [-0.05, 0) is 70.8 Å². The van der Waals surface area contributed by atoms with Gasteiger partial charge in [-0.1, -0.05) is 158 Å². The average Bonchev–Trinajstić information content (AvgIpc) is 3.75. The number of hydrogen-bond donors (Lipinski definition) is 0. The third kappa shape index (κ3) is 5.41. The van der Waals surface area contributed by atoms with Gasteiger partial charge in [0.05, 0.1) is 22.4 Å². The van der Waals surface area contributed by atoms with E-state index in [4.69, 9.17) is 9.97 Å². The zero-order valence-corrected chi connectivity index (χ0v) is 31.7. The summed E-state index contributed by atoms with van der Waals surface area (Å²) in [5.41, 5.74) is 12.3. The van der Waals surface area contributed by atoms with Crippen molar-refractivity contribution in [3.63, 3.8) is 0 Å². The molecular weight excluding hydrogens is 714 g/mol. The lowest BCUT2D eigenvalue weighted by Crippen LogP contribution is -2.20. The third-order valence-corrected chi connectivity index (χ3v) is 14.4. The second-order valence-electron chi connectivity index (χ2n) is 14.5. The molecule has 0 saturated carbocycles. The molecule has 8 aromatic carbocycles. The lowest BCUT2D eigenvalue weighted by molar-refractivity contribution is 0.593. The lowest BCUT2D eigenvalue weighted by atomic mass is 10.0. The molecule has 11 rings (SSSR count). The first-order valence-corrected chi connectivity index (χ1v) is 20.9. The summed E-state index contributed by atoms with van der Waals surface area (Å²) < 4.78 is 17.7. The van der Waals surface area contributed by atoms with Crippen molar-refractivity contribution in [3.8, 4) is 61.8 Å². The van der Waals surface area contributed by atoms with Crippen LogP contribution in [0.4, 0.5) is 0 Å². The Hall–Kier alpha value is -7.13. The first-order chi connectivity index (χ1) is 28.1. The lowest BCUT2D eigenvalue weighted by Gasteiger charge is -2.16. The van der Waals surface area contributed by atoms with Crippen LogP contribution in [-0.2, 0) is 4.57 Å². The Bertz CT molecular complexity index is 3180. The molecule has 1 atom stereocenters. The van der Waals surface area contributed by atoms with Crippen molar-refractivity contribution >= 4 is 44.9 Å². The molecule has 0 radical (unpaired) electrons. The minimum atomic E-state index is -3.08.